The van der Waals surface area contributed by atoms with Gasteiger partial charge >= 0.3 is 0 Å². The summed E-state index contributed by atoms with van der Waals surface area (Å²) < 4.78 is 11.5. The van der Waals surface area contributed by atoms with Crippen molar-refractivity contribution < 1.29 is 14.6 Å². The van der Waals surface area contributed by atoms with Crippen molar-refractivity contribution in [1.29, 1.82) is 0 Å². The molecule has 0 radical (unpaired) electrons. The topological polar surface area (TPSA) is 38.7 Å². The molecule has 0 bridgehead atoms. The van der Waals surface area contributed by atoms with E-state index < -0.39 is 5.79 Å². The molecule has 1 aromatic rings. The van der Waals surface area contributed by atoms with Crippen LogP contribution in [0.4, 0.5) is 0 Å². The number of ether oxygens (including phenoxy) is 2. The first kappa shape index (κ1) is 10.1. The quantitative estimate of drug-likeness (QED) is 0.712. The molecule has 0 amide bonds. The molecule has 0 fully saturated rings. The SMILES string of the molecule is CC(C)(C)[C@@]1(C)Oc2cccc(O)c2O1. The summed E-state index contributed by atoms with van der Waals surface area (Å²) >= 11 is 0. The Morgan fingerprint density at radius 2 is 1.87 bits per heavy atom. The first-order valence-electron chi connectivity index (χ1n) is 5.03. The molecule has 0 spiro atoms. The van der Waals surface area contributed by atoms with Crippen LogP contribution in [0, 0.1) is 5.41 Å². The molecule has 1 aliphatic heterocycles. The predicted octanol–water partition coefficient (Wildman–Crippen LogP) is 2.93. The van der Waals surface area contributed by atoms with E-state index in [2.05, 4.69) is 0 Å². The molecular formula is C12H16O3. The van der Waals surface area contributed by atoms with Crippen LogP contribution in [0.5, 0.6) is 17.2 Å². The predicted molar refractivity (Wildman–Crippen MR) is 57.2 cm³/mol. The molecule has 1 atom stereocenters. The number of hydrogen-bond acceptors (Lipinski definition) is 3. The highest BCUT2D eigenvalue weighted by atomic mass is 16.7. The van der Waals surface area contributed by atoms with E-state index in [4.69, 9.17) is 9.47 Å². The van der Waals surface area contributed by atoms with Crippen molar-refractivity contribution in [3.05, 3.63) is 18.2 Å². The van der Waals surface area contributed by atoms with Crippen LogP contribution in [0.25, 0.3) is 0 Å². The van der Waals surface area contributed by atoms with Gasteiger partial charge in [-0.3, -0.25) is 0 Å². The summed E-state index contributed by atoms with van der Waals surface area (Å²) in [6.07, 6.45) is 0. The second kappa shape index (κ2) is 2.81. The lowest BCUT2D eigenvalue weighted by atomic mass is 9.87. The summed E-state index contributed by atoms with van der Waals surface area (Å²) in [4.78, 5) is 0. The van der Waals surface area contributed by atoms with Crippen molar-refractivity contribution in [3.8, 4) is 17.2 Å². The second-order valence-electron chi connectivity index (χ2n) is 5.00. The second-order valence-corrected chi connectivity index (χ2v) is 5.00. The van der Waals surface area contributed by atoms with Crippen LogP contribution < -0.4 is 9.47 Å². The van der Waals surface area contributed by atoms with E-state index in [1.54, 1.807) is 18.2 Å². The maximum absolute atomic E-state index is 9.62. The van der Waals surface area contributed by atoms with E-state index in [9.17, 15) is 5.11 Å². The molecule has 1 heterocycles. The van der Waals surface area contributed by atoms with Gasteiger partial charge in [-0.15, -0.1) is 0 Å². The van der Waals surface area contributed by atoms with Crippen LogP contribution in [0.3, 0.4) is 0 Å². The summed E-state index contributed by atoms with van der Waals surface area (Å²) in [6.45, 7) is 7.99. The van der Waals surface area contributed by atoms with Gasteiger partial charge in [0, 0.05) is 12.3 Å². The lowest BCUT2D eigenvalue weighted by molar-refractivity contribution is -0.143. The number of rotatable bonds is 0. The van der Waals surface area contributed by atoms with Crippen LogP contribution in [0.15, 0.2) is 18.2 Å². The Bertz CT molecular complexity index is 392. The van der Waals surface area contributed by atoms with Crippen LogP contribution in [0.1, 0.15) is 27.7 Å². The van der Waals surface area contributed by atoms with Crippen LogP contribution >= 0.6 is 0 Å². The van der Waals surface area contributed by atoms with Gasteiger partial charge in [0.15, 0.2) is 11.5 Å². The molecule has 1 aromatic carbocycles. The summed E-state index contributed by atoms with van der Waals surface area (Å²) in [7, 11) is 0. The fourth-order valence-corrected chi connectivity index (χ4v) is 1.42. The number of phenolic OH excluding ortho intramolecular Hbond substituents is 1. The first-order valence-corrected chi connectivity index (χ1v) is 5.03. The van der Waals surface area contributed by atoms with Gasteiger partial charge in [0.2, 0.25) is 5.75 Å². The van der Waals surface area contributed by atoms with Gasteiger partial charge < -0.3 is 14.6 Å². The average molecular weight is 208 g/mol. The number of aromatic hydroxyl groups is 1. The highest BCUT2D eigenvalue weighted by Gasteiger charge is 2.48. The van der Waals surface area contributed by atoms with Crippen molar-refractivity contribution in [3.63, 3.8) is 0 Å². The Balaban J connectivity index is 2.42. The van der Waals surface area contributed by atoms with Gasteiger partial charge in [-0.2, -0.15) is 0 Å². The van der Waals surface area contributed by atoms with E-state index in [1.165, 1.54) is 0 Å². The third-order valence-electron chi connectivity index (χ3n) is 2.92. The molecular weight excluding hydrogens is 192 g/mol. The average Bonchev–Trinajstić information content (AvgIpc) is 2.43. The molecule has 0 unspecified atom stereocenters. The molecule has 1 N–H and O–H groups in total. The zero-order valence-electron chi connectivity index (χ0n) is 9.50. The monoisotopic (exact) mass is 208 g/mol. The maximum atomic E-state index is 9.62. The van der Waals surface area contributed by atoms with Crippen LogP contribution in [-0.2, 0) is 0 Å². The zero-order valence-corrected chi connectivity index (χ0v) is 9.50. The van der Waals surface area contributed by atoms with E-state index in [0.717, 1.165) is 0 Å². The van der Waals surface area contributed by atoms with Crippen molar-refractivity contribution in [1.82, 2.24) is 0 Å². The van der Waals surface area contributed by atoms with Crippen molar-refractivity contribution in [2.45, 2.75) is 33.5 Å². The number of benzene rings is 1. The van der Waals surface area contributed by atoms with Gasteiger partial charge in [0.05, 0.1) is 0 Å². The molecule has 3 heteroatoms. The minimum atomic E-state index is -0.728. The number of phenols is 1. The summed E-state index contributed by atoms with van der Waals surface area (Å²) in [5, 5.41) is 9.62. The number of para-hydroxylation sites is 1. The van der Waals surface area contributed by atoms with E-state index in [1.807, 2.05) is 27.7 Å². The Kier molecular flexibility index (Phi) is 1.90. The van der Waals surface area contributed by atoms with Crippen molar-refractivity contribution >= 4 is 0 Å². The zero-order chi connectivity index (χ0) is 11.3. The third-order valence-corrected chi connectivity index (χ3v) is 2.92. The van der Waals surface area contributed by atoms with Crippen LogP contribution in [0.2, 0.25) is 0 Å². The molecule has 0 aromatic heterocycles. The number of hydrogen-bond donors (Lipinski definition) is 1. The minimum Gasteiger partial charge on any atom is -0.504 e. The highest BCUT2D eigenvalue weighted by molar-refractivity contribution is 5.52. The third kappa shape index (κ3) is 1.42. The Labute approximate surface area is 89.6 Å². The first-order chi connectivity index (χ1) is 6.83. The molecule has 1 aliphatic rings. The molecule has 0 saturated carbocycles. The van der Waals surface area contributed by atoms with Gasteiger partial charge in [-0.05, 0) is 12.1 Å². The molecule has 0 saturated heterocycles. The fraction of sp³-hybridized carbons (Fsp3) is 0.500. The van der Waals surface area contributed by atoms with E-state index in [0.29, 0.717) is 11.5 Å². The van der Waals surface area contributed by atoms with E-state index >= 15 is 0 Å². The van der Waals surface area contributed by atoms with Gasteiger partial charge in [-0.1, -0.05) is 26.8 Å². The Hall–Kier alpha value is -1.38. The van der Waals surface area contributed by atoms with E-state index in [-0.39, 0.29) is 11.2 Å². The molecule has 82 valence electrons. The van der Waals surface area contributed by atoms with Gasteiger partial charge in [-0.25, -0.2) is 0 Å². The van der Waals surface area contributed by atoms with Gasteiger partial charge in [0.1, 0.15) is 0 Å². The maximum Gasteiger partial charge on any atom is 0.253 e. The molecule has 15 heavy (non-hydrogen) atoms. The normalized spacial score (nSPS) is 24.3. The highest BCUT2D eigenvalue weighted by Crippen LogP contribution is 2.50. The standard InChI is InChI=1S/C12H16O3/c1-11(2,3)12(4)14-9-7-5-6-8(13)10(9)15-12/h5-7,13H,1-4H3/t12-/m0/s1. The van der Waals surface area contributed by atoms with Crippen LogP contribution in [-0.4, -0.2) is 10.9 Å². The smallest absolute Gasteiger partial charge is 0.253 e. The summed E-state index contributed by atoms with van der Waals surface area (Å²) in [5.74, 6) is 0.441. The minimum absolute atomic E-state index is 0.125. The lowest BCUT2D eigenvalue weighted by Gasteiger charge is -2.35. The lowest BCUT2D eigenvalue weighted by Crippen LogP contribution is -2.47. The van der Waals surface area contributed by atoms with Crippen molar-refractivity contribution in [2.24, 2.45) is 5.41 Å². The van der Waals surface area contributed by atoms with Gasteiger partial charge in [0.25, 0.3) is 5.79 Å². The summed E-state index contributed by atoms with van der Waals surface area (Å²) in [6, 6.07) is 5.13. The largest absolute Gasteiger partial charge is 0.504 e. The Morgan fingerprint density at radius 3 is 2.40 bits per heavy atom. The number of fused-ring (bicyclic) bond motifs is 1. The molecule has 0 aliphatic carbocycles. The molecule has 2 rings (SSSR count). The Morgan fingerprint density at radius 1 is 1.20 bits per heavy atom. The summed E-state index contributed by atoms with van der Waals surface area (Å²) in [5.41, 5.74) is -0.168. The van der Waals surface area contributed by atoms with Crippen molar-refractivity contribution in [2.75, 3.05) is 0 Å². The fourth-order valence-electron chi connectivity index (χ4n) is 1.42. The molecule has 3 nitrogen and oxygen atoms in total.